The number of rotatable bonds is 6. The van der Waals surface area contributed by atoms with Crippen LogP contribution in [0, 0.1) is 5.92 Å². The van der Waals surface area contributed by atoms with Gasteiger partial charge in [-0.2, -0.15) is 0 Å². The van der Waals surface area contributed by atoms with Crippen molar-refractivity contribution in [3.8, 4) is 0 Å². The number of hydrogen-bond donors (Lipinski definition) is 2. The molecule has 1 heterocycles. The number of carbonyl (C=O) groups excluding carboxylic acids is 1. The smallest absolute Gasteiger partial charge is 0.326 e. The van der Waals surface area contributed by atoms with E-state index in [0.717, 1.165) is 19.1 Å². The van der Waals surface area contributed by atoms with Crippen molar-refractivity contribution in [3.63, 3.8) is 0 Å². The number of likely N-dealkylation sites (tertiary alicyclic amines) is 1. The Morgan fingerprint density at radius 2 is 1.95 bits per heavy atom. The van der Waals surface area contributed by atoms with Crippen molar-refractivity contribution in [2.45, 2.75) is 51.6 Å². The average Bonchev–Trinajstić information content (AvgIpc) is 2.34. The third-order valence-electron chi connectivity index (χ3n) is 3.43. The maximum absolute atomic E-state index is 12.6. The Morgan fingerprint density at radius 3 is 2.43 bits per heavy atom. The molecule has 0 aromatic rings. The number of carboxylic acid groups (broad SMARTS) is 1. The van der Waals surface area contributed by atoms with Crippen LogP contribution in [0.15, 0.2) is 0 Å². The summed E-state index contributed by atoms with van der Waals surface area (Å²) < 4.78 is 25.2. The topological polar surface area (TPSA) is 104 Å². The molecule has 1 amide bonds. The molecule has 0 aromatic heterocycles. The molecular weight excluding hydrogens is 296 g/mol. The minimum absolute atomic E-state index is 0.112. The third-order valence-corrected chi connectivity index (χ3v) is 4.15. The van der Waals surface area contributed by atoms with E-state index in [9.17, 15) is 23.1 Å². The van der Waals surface area contributed by atoms with Gasteiger partial charge in [-0.25, -0.2) is 17.9 Å². The lowest BCUT2D eigenvalue weighted by atomic mass is 9.98. The summed E-state index contributed by atoms with van der Waals surface area (Å²) in [4.78, 5) is 25.1. The Balaban J connectivity index is 2.94. The van der Waals surface area contributed by atoms with Gasteiger partial charge in [0.1, 0.15) is 12.1 Å². The van der Waals surface area contributed by atoms with Crippen molar-refractivity contribution in [2.24, 2.45) is 5.92 Å². The number of carbonyl (C=O) groups is 2. The van der Waals surface area contributed by atoms with Crippen LogP contribution in [-0.2, 0) is 19.6 Å². The number of amides is 1. The van der Waals surface area contributed by atoms with Crippen LogP contribution in [0.25, 0.3) is 0 Å². The third kappa shape index (κ3) is 5.62. The number of hydrogen-bond acceptors (Lipinski definition) is 4. The highest BCUT2D eigenvalue weighted by atomic mass is 32.2. The predicted octanol–water partition coefficient (Wildman–Crippen LogP) is 0.416. The van der Waals surface area contributed by atoms with E-state index in [1.54, 1.807) is 0 Å². The number of carboxylic acids is 1. The minimum atomic E-state index is -3.54. The SMILES string of the molecule is CC(C)CC(NS(C)(=O)=O)C(=O)N1CCCC[C@@H]1C(=O)O. The molecule has 1 aliphatic heterocycles. The second-order valence-corrected chi connectivity index (χ2v) is 7.73. The molecule has 0 aromatic carbocycles. The lowest BCUT2D eigenvalue weighted by molar-refractivity contribution is -0.152. The monoisotopic (exact) mass is 320 g/mol. The molecule has 1 rings (SSSR count). The van der Waals surface area contributed by atoms with Crippen molar-refractivity contribution in [2.75, 3.05) is 12.8 Å². The summed E-state index contributed by atoms with van der Waals surface area (Å²) in [5.74, 6) is -1.37. The molecule has 8 heteroatoms. The van der Waals surface area contributed by atoms with Crippen molar-refractivity contribution in [3.05, 3.63) is 0 Å². The molecule has 2 N–H and O–H groups in total. The number of piperidine rings is 1. The van der Waals surface area contributed by atoms with Crippen LogP contribution < -0.4 is 4.72 Å². The number of nitrogens with zero attached hydrogens (tertiary/aromatic N) is 1. The van der Waals surface area contributed by atoms with E-state index in [1.165, 1.54) is 4.90 Å². The molecule has 21 heavy (non-hydrogen) atoms. The standard InChI is InChI=1S/C13H24N2O5S/c1-9(2)8-10(14-21(3,19)20)12(16)15-7-5-4-6-11(15)13(17)18/h9-11,14H,4-8H2,1-3H3,(H,17,18)/t10?,11-/m1/s1. The van der Waals surface area contributed by atoms with Gasteiger partial charge >= 0.3 is 5.97 Å². The first-order valence-electron chi connectivity index (χ1n) is 7.12. The molecule has 1 aliphatic rings. The van der Waals surface area contributed by atoms with Gasteiger partial charge < -0.3 is 10.0 Å². The molecule has 0 aliphatic carbocycles. The molecule has 7 nitrogen and oxygen atoms in total. The van der Waals surface area contributed by atoms with Crippen LogP contribution in [0.4, 0.5) is 0 Å². The second kappa shape index (κ2) is 7.22. The summed E-state index contributed by atoms with van der Waals surface area (Å²) >= 11 is 0. The maximum Gasteiger partial charge on any atom is 0.326 e. The zero-order valence-corrected chi connectivity index (χ0v) is 13.5. The zero-order chi connectivity index (χ0) is 16.2. The van der Waals surface area contributed by atoms with Gasteiger partial charge in [-0.05, 0) is 31.6 Å². The van der Waals surface area contributed by atoms with E-state index in [1.807, 2.05) is 13.8 Å². The summed E-state index contributed by atoms with van der Waals surface area (Å²) in [6.45, 7) is 4.13. The van der Waals surface area contributed by atoms with Crippen LogP contribution in [-0.4, -0.2) is 55.2 Å². The first-order valence-corrected chi connectivity index (χ1v) is 9.01. The van der Waals surface area contributed by atoms with Crippen molar-refractivity contribution in [1.29, 1.82) is 0 Å². The Hall–Kier alpha value is -1.15. The Labute approximate surface area is 125 Å². The van der Waals surface area contributed by atoms with E-state index in [-0.39, 0.29) is 5.92 Å². The molecule has 122 valence electrons. The summed E-state index contributed by atoms with van der Waals surface area (Å²) in [5.41, 5.74) is 0. The lowest BCUT2D eigenvalue weighted by Crippen LogP contribution is -2.55. The number of sulfonamides is 1. The highest BCUT2D eigenvalue weighted by Gasteiger charge is 2.36. The van der Waals surface area contributed by atoms with Crippen LogP contribution in [0.1, 0.15) is 39.5 Å². The Morgan fingerprint density at radius 1 is 1.33 bits per heavy atom. The van der Waals surface area contributed by atoms with E-state index < -0.39 is 34.0 Å². The fourth-order valence-electron chi connectivity index (χ4n) is 2.58. The molecule has 1 fully saturated rings. The first-order chi connectivity index (χ1) is 9.61. The van der Waals surface area contributed by atoms with E-state index >= 15 is 0 Å². The fourth-order valence-corrected chi connectivity index (χ4v) is 3.30. The van der Waals surface area contributed by atoms with Crippen molar-refractivity contribution in [1.82, 2.24) is 9.62 Å². The van der Waals surface area contributed by atoms with Crippen LogP contribution >= 0.6 is 0 Å². The Bertz CT molecular complexity index is 489. The predicted molar refractivity (Wildman–Crippen MR) is 78.2 cm³/mol. The summed E-state index contributed by atoms with van der Waals surface area (Å²) in [6.07, 6.45) is 3.25. The lowest BCUT2D eigenvalue weighted by Gasteiger charge is -2.35. The first kappa shape index (κ1) is 17.9. The quantitative estimate of drug-likeness (QED) is 0.738. The maximum atomic E-state index is 12.6. The van der Waals surface area contributed by atoms with E-state index in [4.69, 9.17) is 0 Å². The van der Waals surface area contributed by atoms with Gasteiger partial charge in [0, 0.05) is 6.54 Å². The minimum Gasteiger partial charge on any atom is -0.480 e. The molecule has 2 atom stereocenters. The zero-order valence-electron chi connectivity index (χ0n) is 12.7. The molecule has 1 unspecified atom stereocenters. The van der Waals surface area contributed by atoms with Gasteiger partial charge in [0.15, 0.2) is 0 Å². The molecular formula is C13H24N2O5S. The highest BCUT2D eigenvalue weighted by molar-refractivity contribution is 7.88. The molecule has 1 saturated heterocycles. The summed E-state index contributed by atoms with van der Waals surface area (Å²) in [5, 5.41) is 9.22. The van der Waals surface area contributed by atoms with Crippen LogP contribution in [0.5, 0.6) is 0 Å². The van der Waals surface area contributed by atoms with Gasteiger partial charge in [-0.1, -0.05) is 13.8 Å². The normalized spacial score (nSPS) is 21.3. The van der Waals surface area contributed by atoms with Crippen LogP contribution in [0.3, 0.4) is 0 Å². The van der Waals surface area contributed by atoms with Gasteiger partial charge in [0.05, 0.1) is 6.26 Å². The van der Waals surface area contributed by atoms with Gasteiger partial charge in [0.2, 0.25) is 15.9 Å². The van der Waals surface area contributed by atoms with Crippen molar-refractivity contribution >= 4 is 21.9 Å². The summed E-state index contributed by atoms with van der Waals surface area (Å²) in [6, 6.07) is -1.76. The average molecular weight is 320 g/mol. The molecule has 0 bridgehead atoms. The van der Waals surface area contributed by atoms with E-state index in [2.05, 4.69) is 4.72 Å². The second-order valence-electron chi connectivity index (χ2n) is 5.95. The Kier molecular flexibility index (Phi) is 6.15. The number of nitrogens with one attached hydrogen (secondary N) is 1. The highest BCUT2D eigenvalue weighted by Crippen LogP contribution is 2.20. The molecule has 0 spiro atoms. The van der Waals surface area contributed by atoms with Gasteiger partial charge in [-0.3, -0.25) is 4.79 Å². The van der Waals surface area contributed by atoms with Crippen molar-refractivity contribution < 1.29 is 23.1 Å². The van der Waals surface area contributed by atoms with Gasteiger partial charge in [0.25, 0.3) is 0 Å². The molecule has 0 saturated carbocycles. The largest absolute Gasteiger partial charge is 0.480 e. The van der Waals surface area contributed by atoms with Gasteiger partial charge in [-0.15, -0.1) is 0 Å². The summed E-state index contributed by atoms with van der Waals surface area (Å²) in [7, 11) is -3.54. The van der Waals surface area contributed by atoms with E-state index in [0.29, 0.717) is 19.4 Å². The molecule has 0 radical (unpaired) electrons. The fraction of sp³-hybridized carbons (Fsp3) is 0.846. The number of aliphatic carboxylic acids is 1. The van der Waals surface area contributed by atoms with Crippen LogP contribution in [0.2, 0.25) is 0 Å².